The average molecular weight is 274 g/mol. The largest absolute Gasteiger partial charge is 0.316 e. The van der Waals surface area contributed by atoms with Crippen LogP contribution in [0.5, 0.6) is 0 Å². The van der Waals surface area contributed by atoms with Crippen LogP contribution in [0, 0.1) is 11.8 Å². The molecule has 0 aromatic heterocycles. The van der Waals surface area contributed by atoms with Gasteiger partial charge < -0.3 is 10.2 Å². The zero-order valence-electron chi connectivity index (χ0n) is 13.5. The van der Waals surface area contributed by atoms with E-state index in [0.717, 1.165) is 31.5 Å². The van der Waals surface area contributed by atoms with E-state index in [2.05, 4.69) is 62.3 Å². The zero-order valence-corrected chi connectivity index (χ0v) is 13.5. The Morgan fingerprint density at radius 1 is 1.30 bits per heavy atom. The molecule has 0 radical (unpaired) electrons. The fourth-order valence-electron chi connectivity index (χ4n) is 2.86. The lowest BCUT2D eigenvalue weighted by Crippen LogP contribution is -2.21. The van der Waals surface area contributed by atoms with Crippen molar-refractivity contribution >= 4 is 0 Å². The smallest absolute Gasteiger partial charge is 0.0230 e. The van der Waals surface area contributed by atoms with Crippen molar-refractivity contribution in [3.05, 3.63) is 35.4 Å². The van der Waals surface area contributed by atoms with Crippen LogP contribution in [0.4, 0.5) is 0 Å². The fraction of sp³-hybridized carbons (Fsp3) is 0.667. The van der Waals surface area contributed by atoms with Crippen LogP contribution in [-0.2, 0) is 6.54 Å². The van der Waals surface area contributed by atoms with E-state index in [9.17, 15) is 0 Å². The van der Waals surface area contributed by atoms with Crippen molar-refractivity contribution in [3.8, 4) is 0 Å². The molecule has 0 spiro atoms. The Morgan fingerprint density at radius 2 is 1.95 bits per heavy atom. The van der Waals surface area contributed by atoms with E-state index in [0.29, 0.717) is 5.92 Å². The molecule has 20 heavy (non-hydrogen) atoms. The second-order valence-electron chi connectivity index (χ2n) is 6.62. The fourth-order valence-corrected chi connectivity index (χ4v) is 2.86. The van der Waals surface area contributed by atoms with Crippen LogP contribution >= 0.6 is 0 Å². The molecule has 0 aliphatic heterocycles. The van der Waals surface area contributed by atoms with Gasteiger partial charge in [0.1, 0.15) is 0 Å². The molecule has 1 aliphatic rings. The van der Waals surface area contributed by atoms with Crippen LogP contribution in [0.2, 0.25) is 0 Å². The van der Waals surface area contributed by atoms with E-state index < -0.39 is 0 Å². The topological polar surface area (TPSA) is 15.3 Å². The highest BCUT2D eigenvalue weighted by molar-refractivity contribution is 5.25. The summed E-state index contributed by atoms with van der Waals surface area (Å²) in [5.41, 5.74) is 2.87. The lowest BCUT2D eigenvalue weighted by atomic mass is 9.99. The average Bonchev–Trinajstić information content (AvgIpc) is 3.12. The van der Waals surface area contributed by atoms with Crippen LogP contribution in [0.25, 0.3) is 0 Å². The number of nitrogens with zero attached hydrogens (tertiary/aromatic N) is 1. The number of hydrogen-bond donors (Lipinski definition) is 1. The molecule has 2 nitrogen and oxygen atoms in total. The predicted octanol–water partition coefficient (Wildman–Crippen LogP) is 3.49. The first-order valence-corrected chi connectivity index (χ1v) is 8.08. The van der Waals surface area contributed by atoms with Crippen molar-refractivity contribution < 1.29 is 0 Å². The molecule has 0 heterocycles. The summed E-state index contributed by atoms with van der Waals surface area (Å²) in [7, 11) is 2.24. The maximum Gasteiger partial charge on any atom is 0.0230 e. The number of nitrogens with one attached hydrogen (secondary N) is 1. The van der Waals surface area contributed by atoms with Crippen LogP contribution in [0.3, 0.4) is 0 Å². The molecule has 1 aromatic carbocycles. The third kappa shape index (κ3) is 4.60. The third-order valence-electron chi connectivity index (χ3n) is 4.52. The molecule has 1 aromatic rings. The van der Waals surface area contributed by atoms with Crippen molar-refractivity contribution in [2.45, 2.75) is 39.7 Å². The van der Waals surface area contributed by atoms with E-state index in [1.807, 2.05) is 0 Å². The molecule has 0 amide bonds. The van der Waals surface area contributed by atoms with Gasteiger partial charge in [-0.15, -0.1) is 0 Å². The molecule has 2 rings (SSSR count). The maximum atomic E-state index is 3.42. The minimum absolute atomic E-state index is 0.592. The molecule has 1 N–H and O–H groups in total. The van der Waals surface area contributed by atoms with Gasteiger partial charge in [-0.05, 0) is 48.9 Å². The second-order valence-corrected chi connectivity index (χ2v) is 6.62. The molecule has 3 unspecified atom stereocenters. The summed E-state index contributed by atoms with van der Waals surface area (Å²) >= 11 is 0. The second kappa shape index (κ2) is 7.24. The minimum Gasteiger partial charge on any atom is -0.316 e. The molecule has 112 valence electrons. The molecule has 1 saturated carbocycles. The van der Waals surface area contributed by atoms with Crippen molar-refractivity contribution in [1.29, 1.82) is 0 Å². The van der Waals surface area contributed by atoms with Crippen molar-refractivity contribution in [3.63, 3.8) is 0 Å². The monoisotopic (exact) mass is 274 g/mol. The van der Waals surface area contributed by atoms with Crippen LogP contribution in [-0.4, -0.2) is 31.6 Å². The van der Waals surface area contributed by atoms with Crippen molar-refractivity contribution in [2.24, 2.45) is 11.8 Å². The molecule has 3 atom stereocenters. The Morgan fingerprint density at radius 3 is 2.50 bits per heavy atom. The first-order chi connectivity index (χ1) is 9.60. The predicted molar refractivity (Wildman–Crippen MR) is 87.0 cm³/mol. The molecular formula is C18H30N2. The zero-order chi connectivity index (χ0) is 14.5. The van der Waals surface area contributed by atoms with E-state index in [1.54, 1.807) is 0 Å². The molecular weight excluding hydrogens is 244 g/mol. The number of likely N-dealkylation sites (N-methyl/N-ethyl adjacent to an activating group) is 1. The van der Waals surface area contributed by atoms with E-state index in [1.165, 1.54) is 24.1 Å². The number of rotatable bonds is 8. The first-order valence-electron chi connectivity index (χ1n) is 8.08. The number of hydrogen-bond acceptors (Lipinski definition) is 2. The Balaban J connectivity index is 1.81. The molecule has 0 bridgehead atoms. The summed E-state index contributed by atoms with van der Waals surface area (Å²) < 4.78 is 0. The van der Waals surface area contributed by atoms with E-state index in [-0.39, 0.29) is 0 Å². The van der Waals surface area contributed by atoms with Gasteiger partial charge in [0.15, 0.2) is 0 Å². The summed E-state index contributed by atoms with van der Waals surface area (Å²) in [6.07, 6.45) is 1.42. The Labute approximate surface area is 124 Å². The van der Waals surface area contributed by atoms with Gasteiger partial charge in [0, 0.05) is 19.6 Å². The van der Waals surface area contributed by atoms with Gasteiger partial charge in [-0.25, -0.2) is 0 Å². The highest BCUT2D eigenvalue weighted by Crippen LogP contribution is 2.38. The van der Waals surface area contributed by atoms with Crippen LogP contribution < -0.4 is 5.32 Å². The standard InChI is InChI=1S/C18H30N2/c1-5-19-11-15(3)17-8-6-16(7-9-17)12-20(4)13-18-10-14(18)2/h6-9,14-15,18-19H,5,10-13H2,1-4H3. The minimum atomic E-state index is 0.592. The van der Waals surface area contributed by atoms with Gasteiger partial charge in [-0.3, -0.25) is 0 Å². The summed E-state index contributed by atoms with van der Waals surface area (Å²) in [6, 6.07) is 9.19. The quantitative estimate of drug-likeness (QED) is 0.780. The van der Waals surface area contributed by atoms with Crippen LogP contribution in [0.1, 0.15) is 44.2 Å². The van der Waals surface area contributed by atoms with Gasteiger partial charge in [-0.1, -0.05) is 45.0 Å². The SMILES string of the molecule is CCNCC(C)c1ccc(CN(C)CC2CC2C)cc1. The number of benzene rings is 1. The van der Waals surface area contributed by atoms with Crippen molar-refractivity contribution in [2.75, 3.05) is 26.7 Å². The summed E-state index contributed by atoms with van der Waals surface area (Å²) in [4.78, 5) is 2.46. The Hall–Kier alpha value is -0.860. The summed E-state index contributed by atoms with van der Waals surface area (Å²) in [6.45, 7) is 11.2. The maximum absolute atomic E-state index is 3.42. The van der Waals surface area contributed by atoms with E-state index >= 15 is 0 Å². The first kappa shape index (κ1) is 15.5. The summed E-state index contributed by atoms with van der Waals surface area (Å²) in [5, 5.41) is 3.42. The lowest BCUT2D eigenvalue weighted by molar-refractivity contribution is 0.307. The highest BCUT2D eigenvalue weighted by Gasteiger charge is 2.32. The molecule has 1 aliphatic carbocycles. The highest BCUT2D eigenvalue weighted by atomic mass is 15.1. The summed E-state index contributed by atoms with van der Waals surface area (Å²) in [5.74, 6) is 2.49. The van der Waals surface area contributed by atoms with Gasteiger partial charge in [0.2, 0.25) is 0 Å². The molecule has 1 fully saturated rings. The normalized spacial score (nSPS) is 23.1. The Kier molecular flexibility index (Phi) is 5.62. The van der Waals surface area contributed by atoms with Gasteiger partial charge in [0.05, 0.1) is 0 Å². The van der Waals surface area contributed by atoms with E-state index in [4.69, 9.17) is 0 Å². The van der Waals surface area contributed by atoms with Gasteiger partial charge in [-0.2, -0.15) is 0 Å². The van der Waals surface area contributed by atoms with Gasteiger partial charge in [0.25, 0.3) is 0 Å². The third-order valence-corrected chi connectivity index (χ3v) is 4.52. The molecule has 0 saturated heterocycles. The van der Waals surface area contributed by atoms with Crippen molar-refractivity contribution in [1.82, 2.24) is 10.2 Å². The lowest BCUT2D eigenvalue weighted by Gasteiger charge is -2.17. The molecule has 2 heteroatoms. The Bertz CT molecular complexity index is 398. The van der Waals surface area contributed by atoms with Crippen LogP contribution in [0.15, 0.2) is 24.3 Å². The van der Waals surface area contributed by atoms with Gasteiger partial charge >= 0.3 is 0 Å².